The number of nitro benzene ring substituents is 1. The second kappa shape index (κ2) is 8.97. The average Bonchev–Trinajstić information content (AvgIpc) is 3.12. The quantitative estimate of drug-likeness (QED) is 0.239. The van der Waals surface area contributed by atoms with E-state index in [-0.39, 0.29) is 27.9 Å². The molecule has 0 fully saturated rings. The highest BCUT2D eigenvalue weighted by Gasteiger charge is 2.22. The second-order valence-electron chi connectivity index (χ2n) is 7.09. The molecule has 0 aliphatic heterocycles. The number of aryl methyl sites for hydroxylation is 2. The Morgan fingerprint density at radius 2 is 2.16 bits per heavy atom. The summed E-state index contributed by atoms with van der Waals surface area (Å²) in [5.41, 5.74) is 1.24. The standard InChI is InChI=1S/C20H19ClN4O4S2/c1-2-24-19(27)17-12-5-3-4-6-15(12)31-18(17)23-20(24)30-10-16(26)22-14-8-7-11(25(28)29)9-13(14)21/h7-9H,2-6,10H2,1H3,(H,22,26). The van der Waals surface area contributed by atoms with Gasteiger partial charge in [-0.05, 0) is 44.2 Å². The first-order valence-corrected chi connectivity index (χ1v) is 12.0. The Bertz CT molecular complexity index is 1250. The van der Waals surface area contributed by atoms with Gasteiger partial charge >= 0.3 is 0 Å². The van der Waals surface area contributed by atoms with E-state index in [2.05, 4.69) is 5.32 Å². The van der Waals surface area contributed by atoms with Crippen LogP contribution in [0.3, 0.4) is 0 Å². The van der Waals surface area contributed by atoms with Crippen molar-refractivity contribution in [2.45, 2.75) is 44.3 Å². The van der Waals surface area contributed by atoms with Gasteiger partial charge in [-0.1, -0.05) is 23.4 Å². The third kappa shape index (κ3) is 4.32. The molecular weight excluding hydrogens is 460 g/mol. The summed E-state index contributed by atoms with van der Waals surface area (Å²) in [4.78, 5) is 42.5. The van der Waals surface area contributed by atoms with Crippen molar-refractivity contribution >= 4 is 62.2 Å². The maximum atomic E-state index is 13.1. The number of benzene rings is 1. The van der Waals surface area contributed by atoms with Crippen molar-refractivity contribution in [3.8, 4) is 0 Å². The molecule has 0 radical (unpaired) electrons. The molecule has 2 heterocycles. The predicted octanol–water partition coefficient (Wildman–Crippen LogP) is 4.65. The van der Waals surface area contributed by atoms with Crippen LogP contribution < -0.4 is 10.9 Å². The van der Waals surface area contributed by atoms with E-state index in [0.29, 0.717) is 17.4 Å². The van der Waals surface area contributed by atoms with E-state index in [1.165, 1.54) is 34.8 Å². The van der Waals surface area contributed by atoms with Gasteiger partial charge in [0.2, 0.25) is 5.91 Å². The fourth-order valence-electron chi connectivity index (χ4n) is 3.64. The number of amides is 1. The molecule has 4 rings (SSSR count). The highest BCUT2D eigenvalue weighted by atomic mass is 35.5. The third-order valence-corrected chi connectivity index (χ3v) is 7.60. The van der Waals surface area contributed by atoms with Crippen molar-refractivity contribution in [2.75, 3.05) is 11.1 Å². The van der Waals surface area contributed by atoms with Crippen LogP contribution in [0.5, 0.6) is 0 Å². The summed E-state index contributed by atoms with van der Waals surface area (Å²) in [6.45, 7) is 2.35. The van der Waals surface area contributed by atoms with Crippen molar-refractivity contribution in [1.82, 2.24) is 9.55 Å². The highest BCUT2D eigenvalue weighted by molar-refractivity contribution is 7.99. The Hall–Kier alpha value is -2.43. The molecule has 31 heavy (non-hydrogen) atoms. The molecule has 11 heteroatoms. The molecule has 0 bridgehead atoms. The molecule has 1 aromatic carbocycles. The van der Waals surface area contributed by atoms with Gasteiger partial charge < -0.3 is 5.32 Å². The number of hydrogen-bond donors (Lipinski definition) is 1. The number of carbonyl (C=O) groups excluding carboxylic acids is 1. The lowest BCUT2D eigenvalue weighted by Gasteiger charge is -2.12. The summed E-state index contributed by atoms with van der Waals surface area (Å²) >= 11 is 8.80. The number of rotatable bonds is 6. The van der Waals surface area contributed by atoms with Crippen molar-refractivity contribution in [3.05, 3.63) is 54.1 Å². The van der Waals surface area contributed by atoms with Gasteiger partial charge in [0, 0.05) is 23.6 Å². The van der Waals surface area contributed by atoms with Crippen LogP contribution in [0.2, 0.25) is 5.02 Å². The van der Waals surface area contributed by atoms with E-state index >= 15 is 0 Å². The van der Waals surface area contributed by atoms with Crippen LogP contribution in [-0.2, 0) is 24.2 Å². The minimum absolute atomic E-state index is 0.0242. The van der Waals surface area contributed by atoms with Gasteiger partial charge in [-0.2, -0.15) is 0 Å². The van der Waals surface area contributed by atoms with Crippen LogP contribution in [-0.4, -0.2) is 26.1 Å². The average molecular weight is 479 g/mol. The van der Waals surface area contributed by atoms with E-state index in [0.717, 1.165) is 41.5 Å². The number of nitrogens with one attached hydrogen (secondary N) is 1. The van der Waals surface area contributed by atoms with E-state index in [1.54, 1.807) is 15.9 Å². The lowest BCUT2D eigenvalue weighted by atomic mass is 9.97. The summed E-state index contributed by atoms with van der Waals surface area (Å²) in [7, 11) is 0. The zero-order valence-corrected chi connectivity index (χ0v) is 19.0. The SMILES string of the molecule is CCn1c(SCC(=O)Nc2ccc([N+](=O)[O-])cc2Cl)nc2sc3c(c2c1=O)CCCC3. The maximum absolute atomic E-state index is 13.1. The molecule has 3 aromatic rings. The molecule has 0 saturated carbocycles. The highest BCUT2D eigenvalue weighted by Crippen LogP contribution is 2.34. The lowest BCUT2D eigenvalue weighted by molar-refractivity contribution is -0.384. The second-order valence-corrected chi connectivity index (χ2v) is 9.53. The first-order chi connectivity index (χ1) is 14.9. The van der Waals surface area contributed by atoms with Gasteiger partial charge in [0.15, 0.2) is 5.16 Å². The fourth-order valence-corrected chi connectivity index (χ4v) is 6.03. The number of hydrogen-bond acceptors (Lipinski definition) is 7. The number of nitro groups is 1. The molecule has 8 nitrogen and oxygen atoms in total. The van der Waals surface area contributed by atoms with Crippen LogP contribution in [0.4, 0.5) is 11.4 Å². The van der Waals surface area contributed by atoms with E-state index in [9.17, 15) is 19.7 Å². The Labute approximate surface area is 190 Å². The van der Waals surface area contributed by atoms with Crippen molar-refractivity contribution in [1.29, 1.82) is 0 Å². The molecule has 0 spiro atoms. The zero-order valence-electron chi connectivity index (χ0n) is 16.6. The topological polar surface area (TPSA) is 107 Å². The summed E-state index contributed by atoms with van der Waals surface area (Å²) in [5.74, 6) is -0.320. The van der Waals surface area contributed by atoms with Gasteiger partial charge in [0.05, 0.1) is 26.8 Å². The number of aromatic nitrogens is 2. The smallest absolute Gasteiger partial charge is 0.271 e. The van der Waals surface area contributed by atoms with Crippen LogP contribution >= 0.6 is 34.7 Å². The van der Waals surface area contributed by atoms with Gasteiger partial charge in [-0.25, -0.2) is 4.98 Å². The Morgan fingerprint density at radius 1 is 1.39 bits per heavy atom. The van der Waals surface area contributed by atoms with Crippen molar-refractivity contribution < 1.29 is 9.72 Å². The number of anilines is 1. The number of carbonyl (C=O) groups is 1. The minimum Gasteiger partial charge on any atom is -0.324 e. The largest absolute Gasteiger partial charge is 0.324 e. The summed E-state index contributed by atoms with van der Waals surface area (Å²) in [6, 6.07) is 3.86. The van der Waals surface area contributed by atoms with E-state index in [1.807, 2.05) is 6.92 Å². The monoisotopic (exact) mass is 478 g/mol. The molecule has 1 amide bonds. The number of halogens is 1. The fraction of sp³-hybridized carbons (Fsp3) is 0.350. The summed E-state index contributed by atoms with van der Waals surface area (Å²) < 4.78 is 1.61. The summed E-state index contributed by atoms with van der Waals surface area (Å²) in [5, 5.41) is 14.8. The Kier molecular flexibility index (Phi) is 6.31. The molecule has 0 atom stereocenters. The van der Waals surface area contributed by atoms with E-state index in [4.69, 9.17) is 16.6 Å². The Morgan fingerprint density at radius 3 is 2.87 bits per heavy atom. The zero-order chi connectivity index (χ0) is 22.1. The van der Waals surface area contributed by atoms with Crippen molar-refractivity contribution in [3.63, 3.8) is 0 Å². The van der Waals surface area contributed by atoms with Crippen molar-refractivity contribution in [2.24, 2.45) is 0 Å². The molecule has 1 aliphatic rings. The molecular formula is C20H19ClN4O4S2. The van der Waals surface area contributed by atoms with Gasteiger partial charge in [-0.15, -0.1) is 11.3 Å². The molecule has 2 aromatic heterocycles. The van der Waals surface area contributed by atoms with Gasteiger partial charge in [0.1, 0.15) is 4.83 Å². The Balaban J connectivity index is 1.54. The van der Waals surface area contributed by atoms with Crippen LogP contribution in [0.15, 0.2) is 28.2 Å². The minimum atomic E-state index is -0.554. The van der Waals surface area contributed by atoms with Gasteiger partial charge in [-0.3, -0.25) is 24.3 Å². The van der Waals surface area contributed by atoms with Gasteiger partial charge in [0.25, 0.3) is 11.2 Å². The first-order valence-electron chi connectivity index (χ1n) is 9.80. The first kappa shape index (κ1) is 21.8. The molecule has 0 saturated heterocycles. The van der Waals surface area contributed by atoms with Crippen LogP contribution in [0, 0.1) is 10.1 Å². The molecule has 1 aliphatic carbocycles. The van der Waals surface area contributed by atoms with E-state index < -0.39 is 4.92 Å². The maximum Gasteiger partial charge on any atom is 0.271 e. The van der Waals surface area contributed by atoms with Crippen LogP contribution in [0.25, 0.3) is 10.2 Å². The number of thioether (sulfide) groups is 1. The number of non-ortho nitro benzene ring substituents is 1. The summed E-state index contributed by atoms with van der Waals surface area (Å²) in [6.07, 6.45) is 4.13. The normalized spacial score (nSPS) is 13.2. The lowest BCUT2D eigenvalue weighted by Crippen LogP contribution is -2.24. The number of nitrogens with zero attached hydrogens (tertiary/aromatic N) is 3. The molecule has 1 N–H and O–H groups in total. The molecule has 0 unspecified atom stereocenters. The number of thiophene rings is 1. The molecule has 162 valence electrons. The van der Waals surface area contributed by atoms with Crippen LogP contribution in [0.1, 0.15) is 30.2 Å². The third-order valence-electron chi connectivity index (χ3n) is 5.13. The predicted molar refractivity (Wildman–Crippen MR) is 124 cm³/mol. The number of fused-ring (bicyclic) bond motifs is 3.